The molecule has 3 aromatic rings. The summed E-state index contributed by atoms with van der Waals surface area (Å²) in [4.78, 5) is 19.6. The summed E-state index contributed by atoms with van der Waals surface area (Å²) in [6.07, 6.45) is 1.43. The van der Waals surface area contributed by atoms with Crippen LogP contribution in [-0.4, -0.2) is 26.2 Å². The van der Waals surface area contributed by atoms with E-state index < -0.39 is 5.97 Å². The number of hydrogen-bond acceptors (Lipinski definition) is 4. The first-order chi connectivity index (χ1) is 11.9. The van der Waals surface area contributed by atoms with Gasteiger partial charge in [-0.2, -0.15) is 0 Å². The number of hydrogen-bond donors (Lipinski definition) is 2. The van der Waals surface area contributed by atoms with Gasteiger partial charge in [-0.05, 0) is 30.3 Å². The zero-order valence-electron chi connectivity index (χ0n) is 12.4. The molecule has 0 saturated heterocycles. The summed E-state index contributed by atoms with van der Waals surface area (Å²) in [7, 11) is 0. The van der Waals surface area contributed by atoms with E-state index in [9.17, 15) is 15.0 Å². The van der Waals surface area contributed by atoms with Crippen molar-refractivity contribution in [2.75, 3.05) is 0 Å². The maximum atomic E-state index is 11.3. The number of aromatic nitrogens is 2. The van der Waals surface area contributed by atoms with E-state index in [0.29, 0.717) is 27.5 Å². The summed E-state index contributed by atoms with van der Waals surface area (Å²) in [5, 5.41) is 19.9. The zero-order valence-corrected chi connectivity index (χ0v) is 14.6. The van der Waals surface area contributed by atoms with Crippen LogP contribution in [0.4, 0.5) is 0 Å². The second-order valence-corrected chi connectivity index (χ2v) is 6.30. The van der Waals surface area contributed by atoms with Crippen molar-refractivity contribution in [3.63, 3.8) is 0 Å². The average molecular weight is 396 g/mol. The molecule has 8 heteroatoms. The lowest BCUT2D eigenvalue weighted by Crippen LogP contribution is -2.03. The number of phenolic OH excluding ortho intramolecular Hbond substituents is 1. The number of nitrogens with zero attached hydrogens (tertiary/aromatic N) is 2. The van der Waals surface area contributed by atoms with Gasteiger partial charge in [0.2, 0.25) is 0 Å². The van der Waals surface area contributed by atoms with Gasteiger partial charge in [0.15, 0.2) is 0 Å². The molecule has 1 aromatic carbocycles. The van der Waals surface area contributed by atoms with Gasteiger partial charge in [-0.3, -0.25) is 4.98 Å². The summed E-state index contributed by atoms with van der Waals surface area (Å²) in [5.41, 5.74) is 1.49. The fourth-order valence-corrected chi connectivity index (χ4v) is 2.86. The second-order valence-electron chi connectivity index (χ2n) is 5.05. The summed E-state index contributed by atoms with van der Waals surface area (Å²) in [6, 6.07) is 8.93. The number of carboxylic acid groups (broad SMARTS) is 1. The van der Waals surface area contributed by atoms with Crippen LogP contribution >= 0.6 is 34.8 Å². The lowest BCUT2D eigenvalue weighted by atomic mass is 10.0. The third kappa shape index (κ3) is 3.54. The fraction of sp³-hybridized carbons (Fsp3) is 0. The SMILES string of the molecule is O=C(O)c1ccc(-c2ncc(Cl)cc2Cl)c(-c2ccc(Cl)c(O)c2)n1. The number of pyridine rings is 2. The lowest BCUT2D eigenvalue weighted by molar-refractivity contribution is 0.0690. The maximum absolute atomic E-state index is 11.3. The monoisotopic (exact) mass is 394 g/mol. The van der Waals surface area contributed by atoms with E-state index in [1.165, 1.54) is 30.5 Å². The Bertz CT molecular complexity index is 993. The Morgan fingerprint density at radius 1 is 0.960 bits per heavy atom. The van der Waals surface area contributed by atoms with E-state index in [4.69, 9.17) is 34.8 Å². The van der Waals surface area contributed by atoms with Crippen LogP contribution in [0.1, 0.15) is 10.5 Å². The molecule has 0 saturated carbocycles. The fourth-order valence-electron chi connectivity index (χ4n) is 2.26. The molecule has 2 heterocycles. The standard InChI is InChI=1S/C17H9Cl3N2O3/c18-9-6-12(20)16(21-7-9)10-2-4-13(17(24)25)22-15(10)8-1-3-11(19)14(23)5-8/h1-7,23H,(H,24,25). The Hall–Kier alpha value is -2.34. The minimum Gasteiger partial charge on any atom is -0.506 e. The number of rotatable bonds is 3. The Kier molecular flexibility index (Phi) is 4.81. The van der Waals surface area contributed by atoms with E-state index in [0.717, 1.165) is 0 Å². The molecule has 0 aliphatic carbocycles. The summed E-state index contributed by atoms with van der Waals surface area (Å²) in [5.74, 6) is -1.33. The summed E-state index contributed by atoms with van der Waals surface area (Å²) < 4.78 is 0. The molecule has 0 aliphatic heterocycles. The Labute approximate surface area is 157 Å². The summed E-state index contributed by atoms with van der Waals surface area (Å²) in [6.45, 7) is 0. The van der Waals surface area contributed by atoms with E-state index in [-0.39, 0.29) is 21.5 Å². The highest BCUT2D eigenvalue weighted by atomic mass is 35.5. The molecule has 0 bridgehead atoms. The van der Waals surface area contributed by atoms with Crippen molar-refractivity contribution >= 4 is 40.8 Å². The van der Waals surface area contributed by atoms with Crippen molar-refractivity contribution in [3.05, 3.63) is 63.4 Å². The first-order valence-electron chi connectivity index (χ1n) is 6.91. The quantitative estimate of drug-likeness (QED) is 0.639. The van der Waals surface area contributed by atoms with Crippen LogP contribution in [0.25, 0.3) is 22.5 Å². The van der Waals surface area contributed by atoms with E-state index in [2.05, 4.69) is 9.97 Å². The van der Waals surface area contributed by atoms with Crippen LogP contribution < -0.4 is 0 Å². The molecule has 0 amide bonds. The van der Waals surface area contributed by atoms with Gasteiger partial charge in [0.05, 0.1) is 26.5 Å². The van der Waals surface area contributed by atoms with Gasteiger partial charge in [0, 0.05) is 17.3 Å². The smallest absolute Gasteiger partial charge is 0.354 e. The molecule has 5 nitrogen and oxygen atoms in total. The molecule has 2 aromatic heterocycles. The lowest BCUT2D eigenvalue weighted by Gasteiger charge is -2.12. The minimum atomic E-state index is -1.18. The van der Waals surface area contributed by atoms with Crippen molar-refractivity contribution < 1.29 is 15.0 Å². The van der Waals surface area contributed by atoms with Crippen LogP contribution in [0.5, 0.6) is 5.75 Å². The molecule has 0 atom stereocenters. The van der Waals surface area contributed by atoms with Crippen molar-refractivity contribution in [1.29, 1.82) is 0 Å². The molecule has 25 heavy (non-hydrogen) atoms. The molecule has 0 fully saturated rings. The maximum Gasteiger partial charge on any atom is 0.354 e. The highest BCUT2D eigenvalue weighted by molar-refractivity contribution is 6.36. The number of aromatic carboxylic acids is 1. The van der Waals surface area contributed by atoms with Gasteiger partial charge >= 0.3 is 5.97 Å². The predicted octanol–water partition coefficient (Wildman–Crippen LogP) is 5.17. The van der Waals surface area contributed by atoms with Gasteiger partial charge in [0.1, 0.15) is 11.4 Å². The van der Waals surface area contributed by atoms with E-state index >= 15 is 0 Å². The van der Waals surface area contributed by atoms with Crippen molar-refractivity contribution in [2.45, 2.75) is 0 Å². The number of carbonyl (C=O) groups is 1. The van der Waals surface area contributed by atoms with Crippen LogP contribution in [-0.2, 0) is 0 Å². The Morgan fingerprint density at radius 2 is 1.72 bits per heavy atom. The molecule has 3 rings (SSSR count). The van der Waals surface area contributed by atoms with Gasteiger partial charge in [-0.1, -0.05) is 40.9 Å². The molecule has 0 radical (unpaired) electrons. The third-order valence-corrected chi connectivity index (χ3v) is 4.21. The van der Waals surface area contributed by atoms with Crippen LogP contribution in [0, 0.1) is 0 Å². The minimum absolute atomic E-state index is 0.150. The topological polar surface area (TPSA) is 83.3 Å². The Balaban J connectivity index is 2.28. The predicted molar refractivity (Wildman–Crippen MR) is 96.6 cm³/mol. The average Bonchev–Trinajstić information content (AvgIpc) is 2.57. The van der Waals surface area contributed by atoms with Crippen molar-refractivity contribution in [3.8, 4) is 28.3 Å². The van der Waals surface area contributed by atoms with Crippen LogP contribution in [0.2, 0.25) is 15.1 Å². The molecular weight excluding hydrogens is 387 g/mol. The first kappa shape index (κ1) is 17.5. The second kappa shape index (κ2) is 6.88. The molecule has 0 spiro atoms. The Morgan fingerprint density at radius 3 is 2.36 bits per heavy atom. The van der Waals surface area contributed by atoms with Crippen molar-refractivity contribution in [1.82, 2.24) is 9.97 Å². The molecule has 0 aliphatic rings. The van der Waals surface area contributed by atoms with Gasteiger partial charge in [0.25, 0.3) is 0 Å². The van der Waals surface area contributed by atoms with Gasteiger partial charge in [-0.25, -0.2) is 9.78 Å². The molecule has 0 unspecified atom stereocenters. The molecular formula is C17H9Cl3N2O3. The largest absolute Gasteiger partial charge is 0.506 e. The van der Waals surface area contributed by atoms with Crippen LogP contribution in [0.3, 0.4) is 0 Å². The number of benzene rings is 1. The zero-order chi connectivity index (χ0) is 18.1. The first-order valence-corrected chi connectivity index (χ1v) is 8.05. The highest BCUT2D eigenvalue weighted by Gasteiger charge is 2.17. The molecule has 126 valence electrons. The normalized spacial score (nSPS) is 10.7. The highest BCUT2D eigenvalue weighted by Crippen LogP contribution is 2.37. The number of halogens is 3. The van der Waals surface area contributed by atoms with Crippen LogP contribution in [0.15, 0.2) is 42.6 Å². The van der Waals surface area contributed by atoms with Gasteiger partial charge < -0.3 is 10.2 Å². The molecule has 2 N–H and O–H groups in total. The van der Waals surface area contributed by atoms with E-state index in [1.54, 1.807) is 12.1 Å². The number of phenols is 1. The number of carboxylic acids is 1. The van der Waals surface area contributed by atoms with Gasteiger partial charge in [-0.15, -0.1) is 0 Å². The summed E-state index contributed by atoms with van der Waals surface area (Å²) >= 11 is 17.9. The number of aromatic hydroxyl groups is 1. The van der Waals surface area contributed by atoms with Crippen molar-refractivity contribution in [2.24, 2.45) is 0 Å². The van der Waals surface area contributed by atoms with E-state index in [1.807, 2.05) is 0 Å². The third-order valence-electron chi connectivity index (χ3n) is 3.40.